The molecule has 0 N–H and O–H groups in total. The van der Waals surface area contributed by atoms with E-state index in [0.29, 0.717) is 0 Å². The number of hydrogen-bond acceptors (Lipinski definition) is 1. The van der Waals surface area contributed by atoms with E-state index in [9.17, 15) is 26.3 Å². The molecule has 0 aromatic carbocycles. The lowest BCUT2D eigenvalue weighted by Crippen LogP contribution is -2.47. The van der Waals surface area contributed by atoms with E-state index in [2.05, 4.69) is 27.9 Å². The molecule has 15 heavy (non-hydrogen) atoms. The van der Waals surface area contributed by atoms with Gasteiger partial charge in [0.15, 0.2) is 0 Å². The molecule has 0 spiro atoms. The fraction of sp³-hybridized carbons (Fsp3) is 1.00. The second-order valence-corrected chi connectivity index (χ2v) is 5.81. The van der Waals surface area contributed by atoms with Crippen molar-refractivity contribution in [1.29, 1.82) is 0 Å². The summed E-state index contributed by atoms with van der Waals surface area (Å²) < 4.78 is 68.8. The Morgan fingerprint density at radius 2 is 0.933 bits per heavy atom. The molecule has 11 heteroatoms. The van der Waals surface area contributed by atoms with Crippen LogP contribution in [0.2, 0.25) is 0 Å². The molecule has 2 atom stereocenters. The minimum absolute atomic E-state index is 0.150. The molecule has 0 fully saturated rings. The largest absolute Gasteiger partial charge is 0.368 e. The molecule has 0 saturated heterocycles. The van der Waals surface area contributed by atoms with Gasteiger partial charge >= 0.3 is 18.5 Å². The molecule has 0 aliphatic carbocycles. The Balaban J connectivity index is 4.89. The summed E-state index contributed by atoms with van der Waals surface area (Å²) >= 11 is 9.09. The van der Waals surface area contributed by atoms with Gasteiger partial charge in [0.25, 0.3) is 0 Å². The third-order valence-corrected chi connectivity index (χ3v) is 3.57. The van der Waals surface area contributed by atoms with Crippen molar-refractivity contribution in [2.24, 2.45) is 0 Å². The summed E-state index contributed by atoms with van der Waals surface area (Å²) in [5, 5.41) is -8.97. The van der Waals surface area contributed by atoms with Gasteiger partial charge in [-0.1, -0.05) is 0 Å². The van der Waals surface area contributed by atoms with E-state index in [1.807, 2.05) is 0 Å². The predicted molar refractivity (Wildman–Crippen MR) is 58.4 cm³/mol. The average Bonchev–Trinajstić information content (AvgIpc) is 1.77. The molecule has 92 valence electrons. The van der Waals surface area contributed by atoms with Crippen molar-refractivity contribution < 1.29 is 31.1 Å². The van der Waals surface area contributed by atoms with Gasteiger partial charge in [0.2, 0.25) is 0 Å². The zero-order valence-corrected chi connectivity index (χ0v) is 12.0. The van der Waals surface area contributed by atoms with E-state index < -0.39 is 18.5 Å². The molecule has 2 unspecified atom stereocenters. The van der Waals surface area contributed by atoms with Crippen molar-refractivity contribution in [2.45, 2.75) is 18.5 Å². The van der Waals surface area contributed by atoms with Gasteiger partial charge in [0, 0.05) is 45.2 Å². The molecule has 0 saturated carbocycles. The van der Waals surface area contributed by atoms with Crippen LogP contribution in [0.3, 0.4) is 0 Å². The van der Waals surface area contributed by atoms with Crippen molar-refractivity contribution in [2.75, 3.05) is 0 Å². The summed E-state index contributed by atoms with van der Waals surface area (Å²) in [6, 6.07) is 0. The lowest BCUT2D eigenvalue weighted by molar-refractivity contribution is -0.280. The highest BCUT2D eigenvalue weighted by molar-refractivity contribution is 14.1. The lowest BCUT2D eigenvalue weighted by atomic mass is 10.6. The Labute approximate surface area is 117 Å². The molecule has 0 rings (SSSR count). The van der Waals surface area contributed by atoms with Crippen LogP contribution in [0.15, 0.2) is 0 Å². The summed E-state index contributed by atoms with van der Waals surface area (Å²) in [5.74, 6) is 0. The highest BCUT2D eigenvalue weighted by atomic mass is 127. The van der Waals surface area contributed by atoms with Crippen LogP contribution in [0.1, 0.15) is 0 Å². The maximum Gasteiger partial charge on any atom is 0.368 e. The highest BCUT2D eigenvalue weighted by Crippen LogP contribution is 2.51. The van der Waals surface area contributed by atoms with Crippen LogP contribution in [0, 0.1) is 0 Å². The fourth-order valence-corrected chi connectivity index (χ4v) is 0.749. The van der Waals surface area contributed by atoms with Crippen LogP contribution in [0.5, 0.6) is 0 Å². The highest BCUT2D eigenvalue weighted by Gasteiger charge is 2.64. The molecule has 0 aromatic heterocycles. The average molecular weight is 503 g/mol. The van der Waals surface area contributed by atoms with Crippen LogP contribution in [-0.4, -0.2) is 18.5 Å². The van der Waals surface area contributed by atoms with E-state index in [1.165, 1.54) is 0 Å². The molecule has 0 aromatic rings. The topological polar surface area (TPSA) is 9.23 Å². The summed E-state index contributed by atoms with van der Waals surface area (Å²) in [5.41, 5.74) is 0. The summed E-state index contributed by atoms with van der Waals surface area (Å²) in [6.07, 6.45) is 0. The Kier molecular flexibility index (Phi) is 5.18. The van der Waals surface area contributed by atoms with E-state index in [4.69, 9.17) is 0 Å². The number of alkyl halides is 10. The van der Waals surface area contributed by atoms with E-state index in [1.54, 1.807) is 0 Å². The Hall–Kier alpha value is 1.58. The molecule has 0 aliphatic rings. The van der Waals surface area contributed by atoms with Crippen molar-refractivity contribution in [1.82, 2.24) is 0 Å². The Morgan fingerprint density at radius 1 is 0.733 bits per heavy atom. The minimum atomic E-state index is -4.49. The molecule has 0 amide bonds. The van der Waals surface area contributed by atoms with Gasteiger partial charge in [-0.2, -0.15) is 26.3 Å². The van der Waals surface area contributed by atoms with Gasteiger partial charge in [0.1, 0.15) is 0 Å². The smallest absolute Gasteiger partial charge is 0.272 e. The second kappa shape index (κ2) is 4.69. The van der Waals surface area contributed by atoms with Crippen molar-refractivity contribution in [3.63, 3.8) is 0 Å². The van der Waals surface area contributed by atoms with Gasteiger partial charge in [-0.25, -0.2) is 0 Å². The summed E-state index contributed by atoms with van der Waals surface area (Å²) in [6.45, 7) is 0. The molecular formula is C4Cl2F6I2O. The standard InChI is InChI=1S/C4Cl2F6I2O/c5-1(7,3(9,10)13)15-2(6,8)4(11,12)14. The minimum Gasteiger partial charge on any atom is -0.272 e. The number of hydrogen-bond donors (Lipinski definition) is 0. The first kappa shape index (κ1) is 16.6. The van der Waals surface area contributed by atoms with Crippen LogP contribution >= 0.6 is 68.4 Å². The fourth-order valence-electron chi connectivity index (χ4n) is 0.277. The zero-order chi connectivity index (χ0) is 12.7. The van der Waals surface area contributed by atoms with E-state index in [0.717, 1.165) is 0 Å². The second-order valence-electron chi connectivity index (χ2n) is 2.13. The normalized spacial score (nSPS) is 22.0. The third-order valence-electron chi connectivity index (χ3n) is 0.916. The number of halogens is 10. The maximum atomic E-state index is 12.7. The first-order chi connectivity index (χ1) is 6.21. The molecule has 1 nitrogen and oxygen atoms in total. The van der Waals surface area contributed by atoms with Crippen LogP contribution in [-0.2, 0) is 4.74 Å². The van der Waals surface area contributed by atoms with Gasteiger partial charge in [0.05, 0.1) is 0 Å². The van der Waals surface area contributed by atoms with Gasteiger partial charge in [-0.15, -0.1) is 0 Å². The van der Waals surface area contributed by atoms with Crippen molar-refractivity contribution >= 4 is 68.4 Å². The third kappa shape index (κ3) is 4.39. The van der Waals surface area contributed by atoms with Gasteiger partial charge in [-0.05, 0) is 23.2 Å². The SMILES string of the molecule is FC(F)(I)C(F)(Cl)OC(F)(Cl)C(F)(F)I. The molecule has 0 radical (unpaired) electrons. The molecular weight excluding hydrogens is 503 g/mol. The summed E-state index contributed by atoms with van der Waals surface area (Å²) in [4.78, 5) is 0. The molecule has 0 aliphatic heterocycles. The lowest BCUT2D eigenvalue weighted by Gasteiger charge is -2.30. The van der Waals surface area contributed by atoms with Crippen LogP contribution in [0.4, 0.5) is 26.3 Å². The first-order valence-electron chi connectivity index (χ1n) is 2.80. The van der Waals surface area contributed by atoms with E-state index in [-0.39, 0.29) is 45.2 Å². The predicted octanol–water partition coefficient (Wildman–Crippen LogP) is 4.78. The first-order valence-corrected chi connectivity index (χ1v) is 5.71. The van der Waals surface area contributed by atoms with Crippen molar-refractivity contribution in [3.05, 3.63) is 0 Å². The van der Waals surface area contributed by atoms with Crippen LogP contribution < -0.4 is 0 Å². The Morgan fingerprint density at radius 3 is 1.07 bits per heavy atom. The number of ether oxygens (including phenoxy) is 1. The van der Waals surface area contributed by atoms with Gasteiger partial charge in [-0.3, -0.25) is 4.74 Å². The summed E-state index contributed by atoms with van der Waals surface area (Å²) in [7, 11) is 0. The zero-order valence-electron chi connectivity index (χ0n) is 6.19. The monoisotopic (exact) mass is 502 g/mol. The van der Waals surface area contributed by atoms with Crippen LogP contribution in [0.25, 0.3) is 0 Å². The molecule has 0 heterocycles. The quantitative estimate of drug-likeness (QED) is 0.305. The molecule has 0 bridgehead atoms. The van der Waals surface area contributed by atoms with Crippen molar-refractivity contribution in [3.8, 4) is 0 Å². The van der Waals surface area contributed by atoms with E-state index >= 15 is 0 Å². The van der Waals surface area contributed by atoms with Gasteiger partial charge < -0.3 is 0 Å². The Bertz CT molecular complexity index is 212. The maximum absolute atomic E-state index is 12.7. The number of rotatable bonds is 4.